The highest BCUT2D eigenvalue weighted by molar-refractivity contribution is 8.15. The first-order chi connectivity index (χ1) is 19.6. The maximum Gasteiger partial charge on any atom is 0.287 e. The van der Waals surface area contributed by atoms with Gasteiger partial charge in [0.15, 0.2) is 10.3 Å². The SMILES string of the molecule is CCSC(=O)N1CC(C)(C)CSC1=NCc1ccccc1OC.COc1ccccc1CNC1=NCC(C)(C)CS1. The molecule has 0 atom stereocenters. The van der Waals surface area contributed by atoms with E-state index in [9.17, 15) is 4.79 Å². The van der Waals surface area contributed by atoms with Gasteiger partial charge in [-0.3, -0.25) is 19.7 Å². The number of nitrogens with one attached hydrogen (secondary N) is 1. The molecule has 41 heavy (non-hydrogen) atoms. The average molecular weight is 617 g/mol. The highest BCUT2D eigenvalue weighted by atomic mass is 32.2. The second kappa shape index (κ2) is 15.8. The van der Waals surface area contributed by atoms with Gasteiger partial charge in [-0.1, -0.05) is 106 Å². The largest absolute Gasteiger partial charge is 0.496 e. The molecule has 1 fully saturated rings. The van der Waals surface area contributed by atoms with E-state index in [1.165, 1.54) is 11.8 Å². The Balaban J connectivity index is 0.000000232. The topological polar surface area (TPSA) is 75.5 Å². The molecular weight excluding hydrogens is 573 g/mol. The summed E-state index contributed by atoms with van der Waals surface area (Å²) < 4.78 is 10.7. The second-order valence-electron chi connectivity index (χ2n) is 11.4. The molecule has 1 saturated heterocycles. The number of methoxy groups -OCH3 is 2. The van der Waals surface area contributed by atoms with Gasteiger partial charge in [0.2, 0.25) is 0 Å². The fraction of sp³-hybridized carbons (Fsp3) is 0.516. The molecule has 2 aromatic carbocycles. The maximum absolute atomic E-state index is 12.4. The molecule has 2 aliphatic heterocycles. The monoisotopic (exact) mass is 616 g/mol. The molecule has 1 N–H and O–H groups in total. The van der Waals surface area contributed by atoms with Gasteiger partial charge in [0, 0.05) is 42.3 Å². The van der Waals surface area contributed by atoms with Gasteiger partial charge in [-0.2, -0.15) is 0 Å². The summed E-state index contributed by atoms with van der Waals surface area (Å²) in [7, 11) is 3.37. The Morgan fingerprint density at radius 1 is 0.976 bits per heavy atom. The predicted octanol–water partition coefficient (Wildman–Crippen LogP) is 7.41. The van der Waals surface area contributed by atoms with E-state index in [0.717, 1.165) is 69.9 Å². The number of amidine groups is 2. The quantitative estimate of drug-likeness (QED) is 0.347. The third-order valence-corrected chi connectivity index (χ3v) is 10.1. The number of aliphatic imine (C=N–C) groups is 2. The first kappa shape index (κ1) is 33.2. The Morgan fingerprint density at radius 3 is 2.20 bits per heavy atom. The summed E-state index contributed by atoms with van der Waals surface area (Å²) in [4.78, 5) is 23.5. The lowest BCUT2D eigenvalue weighted by atomic mass is 9.96. The summed E-state index contributed by atoms with van der Waals surface area (Å²) in [5.41, 5.74) is 2.62. The average Bonchev–Trinajstić information content (AvgIpc) is 2.96. The molecule has 0 bridgehead atoms. The number of hydrogen-bond acceptors (Lipinski definition) is 9. The Labute approximate surface area is 258 Å². The van der Waals surface area contributed by atoms with Crippen LogP contribution >= 0.6 is 35.3 Å². The molecule has 2 aromatic rings. The molecule has 0 radical (unpaired) electrons. The van der Waals surface area contributed by atoms with Crippen molar-refractivity contribution in [3.8, 4) is 11.5 Å². The molecule has 0 spiro atoms. The van der Waals surface area contributed by atoms with E-state index in [1.807, 2.05) is 54.3 Å². The van der Waals surface area contributed by atoms with Crippen LogP contribution in [0.2, 0.25) is 0 Å². The summed E-state index contributed by atoms with van der Waals surface area (Å²) in [5, 5.41) is 5.34. The number of ether oxygens (including phenoxy) is 2. The van der Waals surface area contributed by atoms with Gasteiger partial charge < -0.3 is 14.8 Å². The van der Waals surface area contributed by atoms with E-state index >= 15 is 0 Å². The number of carbonyl (C=O) groups is 1. The summed E-state index contributed by atoms with van der Waals surface area (Å²) in [5.74, 6) is 4.62. The van der Waals surface area contributed by atoms with E-state index in [-0.39, 0.29) is 10.7 Å². The van der Waals surface area contributed by atoms with Gasteiger partial charge >= 0.3 is 0 Å². The van der Waals surface area contributed by atoms with Crippen LogP contribution in [0.1, 0.15) is 45.7 Å². The Bertz CT molecular complexity index is 1220. The lowest BCUT2D eigenvalue weighted by molar-refractivity contribution is 0.229. The van der Waals surface area contributed by atoms with Crippen LogP contribution in [0.25, 0.3) is 0 Å². The Hall–Kier alpha value is -2.30. The minimum atomic E-state index is 0.0894. The summed E-state index contributed by atoms with van der Waals surface area (Å²) in [6.07, 6.45) is 0. The minimum Gasteiger partial charge on any atom is -0.496 e. The first-order valence-electron chi connectivity index (χ1n) is 13.8. The standard InChI is InChI=1S/C17H24N2O2S2.C14H20N2OS/c1-5-22-16(20)19-11-17(2,3)12-23-15(19)18-10-13-8-6-7-9-14(13)21-4;1-14(2)9-16-13(18-10-14)15-8-11-6-4-5-7-12(11)17-3/h6-9H,5,10-12H2,1-4H3;4-7H,8-10H2,1-3H3,(H,15,16). The summed E-state index contributed by atoms with van der Waals surface area (Å²) in [6, 6.07) is 15.9. The molecule has 0 aliphatic carbocycles. The van der Waals surface area contributed by atoms with Crippen LogP contribution in [0.4, 0.5) is 4.79 Å². The normalized spacial score (nSPS) is 18.6. The van der Waals surface area contributed by atoms with Crippen molar-refractivity contribution in [3.05, 3.63) is 59.7 Å². The fourth-order valence-corrected chi connectivity index (χ4v) is 6.74. The zero-order chi connectivity index (χ0) is 29.9. The molecule has 0 saturated carbocycles. The van der Waals surface area contributed by atoms with Gasteiger partial charge in [-0.25, -0.2) is 0 Å². The number of para-hydroxylation sites is 2. The number of thioether (sulfide) groups is 3. The molecule has 10 heteroatoms. The molecule has 4 rings (SSSR count). The predicted molar refractivity (Wildman–Crippen MR) is 179 cm³/mol. The van der Waals surface area contributed by atoms with Gasteiger partial charge in [-0.05, 0) is 28.7 Å². The van der Waals surface area contributed by atoms with Crippen LogP contribution in [-0.4, -0.2) is 65.0 Å². The Kier molecular flexibility index (Phi) is 12.8. The Morgan fingerprint density at radius 2 is 1.59 bits per heavy atom. The molecular formula is C31H44N4O3S3. The number of nitrogens with zero attached hydrogens (tertiary/aromatic N) is 3. The van der Waals surface area contributed by atoms with Crippen molar-refractivity contribution < 1.29 is 14.3 Å². The highest BCUT2D eigenvalue weighted by Gasteiger charge is 2.34. The lowest BCUT2D eigenvalue weighted by Crippen LogP contribution is -2.45. The van der Waals surface area contributed by atoms with E-state index in [2.05, 4.69) is 44.1 Å². The highest BCUT2D eigenvalue weighted by Crippen LogP contribution is 2.33. The number of benzene rings is 2. The van der Waals surface area contributed by atoms with E-state index in [1.54, 1.807) is 37.7 Å². The molecule has 2 heterocycles. The summed E-state index contributed by atoms with van der Waals surface area (Å²) >= 11 is 4.81. The number of rotatable bonds is 7. The van der Waals surface area contributed by atoms with Crippen molar-refractivity contribution in [3.63, 3.8) is 0 Å². The van der Waals surface area contributed by atoms with Crippen molar-refractivity contribution in [2.45, 2.75) is 47.7 Å². The smallest absolute Gasteiger partial charge is 0.287 e. The van der Waals surface area contributed by atoms with Gasteiger partial charge in [0.1, 0.15) is 11.5 Å². The van der Waals surface area contributed by atoms with E-state index in [4.69, 9.17) is 14.5 Å². The zero-order valence-electron chi connectivity index (χ0n) is 25.4. The van der Waals surface area contributed by atoms with Crippen molar-refractivity contribution in [2.75, 3.05) is 44.6 Å². The fourth-order valence-electron chi connectivity index (χ4n) is 4.11. The van der Waals surface area contributed by atoms with Crippen molar-refractivity contribution in [1.82, 2.24) is 10.2 Å². The second-order valence-corrected chi connectivity index (χ2v) is 14.5. The number of carbonyl (C=O) groups excluding carboxylic acids is 1. The lowest BCUT2D eigenvalue weighted by Gasteiger charge is -2.37. The molecule has 2 aliphatic rings. The van der Waals surface area contributed by atoms with Crippen LogP contribution in [0.5, 0.6) is 11.5 Å². The molecule has 1 amide bonds. The van der Waals surface area contributed by atoms with Crippen molar-refractivity contribution >= 4 is 50.9 Å². The van der Waals surface area contributed by atoms with Crippen LogP contribution in [-0.2, 0) is 13.1 Å². The molecule has 0 unspecified atom stereocenters. The number of amides is 1. The van der Waals surface area contributed by atoms with E-state index < -0.39 is 0 Å². The van der Waals surface area contributed by atoms with Gasteiger partial charge in [0.05, 0.1) is 20.8 Å². The third kappa shape index (κ3) is 10.5. The summed E-state index contributed by atoms with van der Waals surface area (Å²) in [6.45, 7) is 13.8. The van der Waals surface area contributed by atoms with Crippen LogP contribution < -0.4 is 14.8 Å². The van der Waals surface area contributed by atoms with Crippen LogP contribution in [0.15, 0.2) is 58.5 Å². The van der Waals surface area contributed by atoms with Crippen molar-refractivity contribution in [1.29, 1.82) is 0 Å². The van der Waals surface area contributed by atoms with Gasteiger partial charge in [0.25, 0.3) is 5.24 Å². The van der Waals surface area contributed by atoms with Crippen LogP contribution in [0, 0.1) is 10.8 Å². The maximum atomic E-state index is 12.4. The van der Waals surface area contributed by atoms with Crippen molar-refractivity contribution in [2.24, 2.45) is 20.8 Å². The van der Waals surface area contributed by atoms with E-state index in [0.29, 0.717) is 12.0 Å². The van der Waals surface area contributed by atoms with Gasteiger partial charge in [-0.15, -0.1) is 0 Å². The first-order valence-corrected chi connectivity index (χ1v) is 16.8. The van der Waals surface area contributed by atoms with Crippen LogP contribution in [0.3, 0.4) is 0 Å². The molecule has 224 valence electrons. The molecule has 7 nitrogen and oxygen atoms in total. The third-order valence-electron chi connectivity index (χ3n) is 6.35. The zero-order valence-corrected chi connectivity index (χ0v) is 27.8. The number of hydrogen-bond donors (Lipinski definition) is 1. The molecule has 0 aromatic heterocycles. The minimum absolute atomic E-state index is 0.0894.